The Morgan fingerprint density at radius 2 is 1.84 bits per heavy atom. The average molecular weight is 577 g/mol. The molecular formula is C25H39Cl2N5O4S. The van der Waals surface area contributed by atoms with Gasteiger partial charge in [-0.05, 0) is 56.6 Å². The van der Waals surface area contributed by atoms with Crippen molar-refractivity contribution < 1.29 is 17.9 Å². The van der Waals surface area contributed by atoms with Crippen LogP contribution < -0.4 is 10.1 Å². The first-order chi connectivity index (χ1) is 17.3. The van der Waals surface area contributed by atoms with Crippen LogP contribution in [-0.2, 0) is 14.8 Å². The quantitative estimate of drug-likeness (QED) is 0.429. The maximum Gasteiger partial charge on any atom is 0.268 e. The van der Waals surface area contributed by atoms with Crippen molar-refractivity contribution in [3.05, 3.63) is 35.0 Å². The lowest BCUT2D eigenvalue weighted by Gasteiger charge is -2.35. The van der Waals surface area contributed by atoms with Crippen molar-refractivity contribution >= 4 is 39.9 Å². The van der Waals surface area contributed by atoms with Gasteiger partial charge in [-0.3, -0.25) is 9.69 Å². The van der Waals surface area contributed by atoms with E-state index in [4.69, 9.17) is 16.3 Å². The van der Waals surface area contributed by atoms with Gasteiger partial charge in [0, 0.05) is 51.2 Å². The number of nitrogens with one attached hydrogen (secondary N) is 1. The fraction of sp³-hybridized carbons (Fsp3) is 0.640. The summed E-state index contributed by atoms with van der Waals surface area (Å²) in [6, 6.07) is 4.61. The number of halogens is 2. The van der Waals surface area contributed by atoms with Crippen molar-refractivity contribution in [2.24, 2.45) is 0 Å². The molecule has 0 spiro atoms. The first-order valence-corrected chi connectivity index (χ1v) is 14.8. The molecule has 1 amide bonds. The standard InChI is InChI=1S/C25H38ClN5O4S.ClH/c1-4-10-30-17-21-23(27-25(32)24(21)28(3)18-30)20-16-19(7-8-22(20)35-5-2)36(33,34)31-14-12-29(13-15-31)11-6-9-26;/h7-8,16,23H,4-6,9-15,17-18H2,1-3H3,(H,27,32);1H. The van der Waals surface area contributed by atoms with E-state index in [0.29, 0.717) is 68.9 Å². The third-order valence-corrected chi connectivity index (χ3v) is 9.20. The molecule has 1 saturated heterocycles. The van der Waals surface area contributed by atoms with Crippen molar-refractivity contribution in [1.82, 2.24) is 24.3 Å². The molecule has 4 rings (SSSR count). The summed E-state index contributed by atoms with van der Waals surface area (Å²) in [6.07, 6.45) is 1.91. The first kappa shape index (κ1) is 30.0. The topological polar surface area (TPSA) is 85.4 Å². The van der Waals surface area contributed by atoms with E-state index in [-0.39, 0.29) is 23.2 Å². The molecule has 3 aliphatic heterocycles. The molecule has 208 valence electrons. The molecule has 3 aliphatic rings. The van der Waals surface area contributed by atoms with Crippen LogP contribution in [0.25, 0.3) is 0 Å². The van der Waals surface area contributed by atoms with Gasteiger partial charge in [-0.2, -0.15) is 4.31 Å². The van der Waals surface area contributed by atoms with Crippen LogP contribution in [0, 0.1) is 0 Å². The number of nitrogens with zero attached hydrogens (tertiary/aromatic N) is 4. The third-order valence-electron chi connectivity index (χ3n) is 7.04. The normalized spacial score (nSPS) is 21.6. The van der Waals surface area contributed by atoms with Gasteiger partial charge < -0.3 is 19.9 Å². The number of sulfonamides is 1. The summed E-state index contributed by atoms with van der Waals surface area (Å²) in [5.41, 5.74) is 2.32. The van der Waals surface area contributed by atoms with E-state index in [2.05, 4.69) is 22.0 Å². The van der Waals surface area contributed by atoms with Gasteiger partial charge in [-0.1, -0.05) is 6.92 Å². The van der Waals surface area contributed by atoms with Crippen LogP contribution in [0.1, 0.15) is 38.3 Å². The van der Waals surface area contributed by atoms with Crippen LogP contribution in [0.5, 0.6) is 5.75 Å². The summed E-state index contributed by atoms with van der Waals surface area (Å²) < 4.78 is 34.7. The predicted octanol–water partition coefficient (Wildman–Crippen LogP) is 2.48. The van der Waals surface area contributed by atoms with E-state index in [1.165, 1.54) is 0 Å². The van der Waals surface area contributed by atoms with Crippen molar-refractivity contribution in [1.29, 1.82) is 0 Å². The molecular weight excluding hydrogens is 537 g/mol. The third kappa shape index (κ3) is 6.37. The number of amides is 1. The highest BCUT2D eigenvalue weighted by Gasteiger charge is 2.40. The number of hydrogen-bond donors (Lipinski definition) is 1. The van der Waals surface area contributed by atoms with E-state index < -0.39 is 16.1 Å². The zero-order valence-electron chi connectivity index (χ0n) is 21.9. The minimum absolute atomic E-state index is 0. The summed E-state index contributed by atoms with van der Waals surface area (Å²) in [5.74, 6) is 1.07. The van der Waals surface area contributed by atoms with Crippen LogP contribution >= 0.6 is 24.0 Å². The average Bonchev–Trinajstić information content (AvgIpc) is 3.20. The molecule has 9 nitrogen and oxygen atoms in total. The summed E-state index contributed by atoms with van der Waals surface area (Å²) >= 11 is 5.81. The predicted molar refractivity (Wildman–Crippen MR) is 148 cm³/mol. The second-order valence-corrected chi connectivity index (χ2v) is 11.9. The molecule has 12 heteroatoms. The Kier molecular flexibility index (Phi) is 10.5. The van der Waals surface area contributed by atoms with Crippen molar-refractivity contribution in [2.75, 3.05) is 72.0 Å². The van der Waals surface area contributed by atoms with Crippen LogP contribution in [0.3, 0.4) is 0 Å². The molecule has 1 fully saturated rings. The number of ether oxygens (including phenoxy) is 1. The van der Waals surface area contributed by atoms with E-state index in [1.807, 2.05) is 18.9 Å². The number of hydrogen-bond acceptors (Lipinski definition) is 7. The molecule has 1 N–H and O–H groups in total. The fourth-order valence-corrected chi connectivity index (χ4v) is 6.95. The van der Waals surface area contributed by atoms with Gasteiger partial charge in [-0.25, -0.2) is 8.42 Å². The lowest BCUT2D eigenvalue weighted by molar-refractivity contribution is -0.118. The SMILES string of the molecule is CCCN1CC2=C(C(=O)NC2c2cc(S(=O)(=O)N3CCN(CCCCl)CC3)ccc2OCC)N(C)C1.Cl. The zero-order valence-corrected chi connectivity index (χ0v) is 24.3. The molecule has 0 bridgehead atoms. The van der Waals surface area contributed by atoms with Gasteiger partial charge in [0.2, 0.25) is 10.0 Å². The maximum atomic E-state index is 13.6. The molecule has 0 aromatic heterocycles. The monoisotopic (exact) mass is 575 g/mol. The Labute approximate surface area is 232 Å². The van der Waals surface area contributed by atoms with Gasteiger partial charge in [0.15, 0.2) is 0 Å². The van der Waals surface area contributed by atoms with Crippen LogP contribution in [-0.4, -0.2) is 105 Å². The molecule has 3 heterocycles. The van der Waals surface area contributed by atoms with Crippen molar-refractivity contribution in [2.45, 2.75) is 37.6 Å². The van der Waals surface area contributed by atoms with Gasteiger partial charge in [0.1, 0.15) is 11.4 Å². The van der Waals surface area contributed by atoms with E-state index in [9.17, 15) is 13.2 Å². The first-order valence-electron chi connectivity index (χ1n) is 12.8. The van der Waals surface area contributed by atoms with Gasteiger partial charge in [0.25, 0.3) is 5.91 Å². The molecule has 1 unspecified atom stereocenters. The fourth-order valence-electron chi connectivity index (χ4n) is 5.37. The van der Waals surface area contributed by atoms with Crippen molar-refractivity contribution in [3.8, 4) is 5.75 Å². The van der Waals surface area contributed by atoms with E-state index in [0.717, 1.165) is 31.5 Å². The van der Waals surface area contributed by atoms with Gasteiger partial charge >= 0.3 is 0 Å². The largest absolute Gasteiger partial charge is 0.494 e. The zero-order chi connectivity index (χ0) is 25.9. The summed E-state index contributed by atoms with van der Waals surface area (Å²) in [4.78, 5) is 19.7. The number of alkyl halides is 1. The summed E-state index contributed by atoms with van der Waals surface area (Å²) in [6.45, 7) is 9.89. The molecule has 0 radical (unpaired) electrons. The number of carbonyl (C=O) groups is 1. The lowest BCUT2D eigenvalue weighted by Crippen LogP contribution is -2.48. The lowest BCUT2D eigenvalue weighted by atomic mass is 9.97. The Morgan fingerprint density at radius 3 is 2.49 bits per heavy atom. The van der Waals surface area contributed by atoms with Crippen LogP contribution in [0.4, 0.5) is 0 Å². The Hall–Kier alpha value is -1.56. The highest BCUT2D eigenvalue weighted by atomic mass is 35.5. The number of benzene rings is 1. The minimum atomic E-state index is -3.69. The van der Waals surface area contributed by atoms with Crippen molar-refractivity contribution in [3.63, 3.8) is 0 Å². The van der Waals surface area contributed by atoms with Gasteiger partial charge in [0.05, 0.1) is 24.2 Å². The Balaban J connectivity index is 0.00000380. The highest BCUT2D eigenvalue weighted by Crippen LogP contribution is 2.39. The Morgan fingerprint density at radius 1 is 1.11 bits per heavy atom. The van der Waals surface area contributed by atoms with E-state index in [1.54, 1.807) is 22.5 Å². The number of carbonyl (C=O) groups excluding carboxylic acids is 1. The summed E-state index contributed by atoms with van der Waals surface area (Å²) in [5, 5.41) is 3.10. The van der Waals surface area contributed by atoms with Gasteiger partial charge in [-0.15, -0.1) is 24.0 Å². The molecule has 37 heavy (non-hydrogen) atoms. The second kappa shape index (κ2) is 13.0. The van der Waals surface area contributed by atoms with Crippen LogP contribution in [0.2, 0.25) is 0 Å². The molecule has 1 aromatic carbocycles. The minimum Gasteiger partial charge on any atom is -0.494 e. The smallest absolute Gasteiger partial charge is 0.268 e. The van der Waals surface area contributed by atoms with Crippen LogP contribution in [0.15, 0.2) is 34.4 Å². The number of rotatable bonds is 10. The number of likely N-dealkylation sites (N-methyl/N-ethyl adjacent to an activating group) is 1. The number of piperazine rings is 1. The molecule has 0 aliphatic carbocycles. The summed E-state index contributed by atoms with van der Waals surface area (Å²) in [7, 11) is -1.76. The molecule has 1 aromatic rings. The van der Waals surface area contributed by atoms with E-state index >= 15 is 0 Å². The molecule has 1 atom stereocenters. The second-order valence-electron chi connectivity index (χ2n) is 9.59. The highest BCUT2D eigenvalue weighted by molar-refractivity contribution is 7.89. The molecule has 0 saturated carbocycles. The maximum absolute atomic E-state index is 13.6. The Bertz CT molecular complexity index is 1090.